The number of carbonyl (C=O) groups excluding carboxylic acids is 1. The second kappa shape index (κ2) is 8.27. The highest BCUT2D eigenvalue weighted by molar-refractivity contribution is 7.09. The van der Waals surface area contributed by atoms with Gasteiger partial charge in [-0.3, -0.25) is 4.79 Å². The molecule has 0 unspecified atom stereocenters. The van der Waals surface area contributed by atoms with E-state index in [0.717, 1.165) is 17.7 Å². The number of amides is 1. The SMILES string of the molecule is CCOc1ccccc1/C=C/C(=O)NCCc1cccs1. The molecule has 0 saturated carbocycles. The Hall–Kier alpha value is -2.07. The standard InChI is InChI=1S/C17H19NO2S/c1-2-20-16-8-4-3-6-14(16)9-10-17(19)18-12-11-15-7-5-13-21-15/h3-10,13H,2,11-12H2,1H3,(H,18,19)/b10-9+. The lowest BCUT2D eigenvalue weighted by Gasteiger charge is -2.06. The monoisotopic (exact) mass is 301 g/mol. The van der Waals surface area contributed by atoms with Crippen molar-refractivity contribution in [1.29, 1.82) is 0 Å². The highest BCUT2D eigenvalue weighted by Crippen LogP contribution is 2.19. The van der Waals surface area contributed by atoms with Crippen molar-refractivity contribution >= 4 is 23.3 Å². The van der Waals surface area contributed by atoms with Gasteiger partial charge >= 0.3 is 0 Å². The Morgan fingerprint density at radius 2 is 2.14 bits per heavy atom. The number of hydrogen-bond acceptors (Lipinski definition) is 3. The largest absolute Gasteiger partial charge is 0.493 e. The third kappa shape index (κ3) is 5.08. The zero-order valence-corrected chi connectivity index (χ0v) is 12.9. The minimum absolute atomic E-state index is 0.0853. The molecule has 1 aromatic carbocycles. The van der Waals surface area contributed by atoms with Gasteiger partial charge in [0, 0.05) is 23.1 Å². The predicted octanol–water partition coefficient (Wildman–Crippen LogP) is 3.52. The van der Waals surface area contributed by atoms with Crippen LogP contribution in [0.25, 0.3) is 6.08 Å². The first-order valence-electron chi connectivity index (χ1n) is 6.99. The maximum absolute atomic E-state index is 11.8. The van der Waals surface area contributed by atoms with Crippen LogP contribution in [-0.2, 0) is 11.2 Å². The Labute approximate surface area is 129 Å². The highest BCUT2D eigenvalue weighted by Gasteiger charge is 2.00. The number of para-hydroxylation sites is 1. The zero-order chi connectivity index (χ0) is 14.9. The fraction of sp³-hybridized carbons (Fsp3) is 0.235. The molecular weight excluding hydrogens is 282 g/mol. The predicted molar refractivity (Wildman–Crippen MR) is 87.7 cm³/mol. The van der Waals surface area contributed by atoms with Crippen LogP contribution in [0.3, 0.4) is 0 Å². The molecule has 0 aliphatic carbocycles. The highest BCUT2D eigenvalue weighted by atomic mass is 32.1. The van der Waals surface area contributed by atoms with Crippen LogP contribution in [-0.4, -0.2) is 19.1 Å². The van der Waals surface area contributed by atoms with Crippen LogP contribution in [0.1, 0.15) is 17.4 Å². The quantitative estimate of drug-likeness (QED) is 0.795. The first-order valence-corrected chi connectivity index (χ1v) is 7.87. The van der Waals surface area contributed by atoms with Crippen LogP contribution in [0, 0.1) is 0 Å². The summed E-state index contributed by atoms with van der Waals surface area (Å²) in [4.78, 5) is 13.1. The van der Waals surface area contributed by atoms with Gasteiger partial charge in [-0.1, -0.05) is 24.3 Å². The summed E-state index contributed by atoms with van der Waals surface area (Å²) in [6.07, 6.45) is 4.20. The van der Waals surface area contributed by atoms with Crippen molar-refractivity contribution < 1.29 is 9.53 Å². The van der Waals surface area contributed by atoms with Gasteiger partial charge in [0.2, 0.25) is 5.91 Å². The van der Waals surface area contributed by atoms with Gasteiger partial charge in [-0.15, -0.1) is 11.3 Å². The lowest BCUT2D eigenvalue weighted by atomic mass is 10.2. The summed E-state index contributed by atoms with van der Waals surface area (Å²) in [5, 5.41) is 4.93. The van der Waals surface area contributed by atoms with Crippen molar-refractivity contribution in [2.75, 3.05) is 13.2 Å². The average Bonchev–Trinajstić information content (AvgIpc) is 3.00. The molecule has 0 atom stereocenters. The van der Waals surface area contributed by atoms with E-state index in [1.807, 2.05) is 42.6 Å². The summed E-state index contributed by atoms with van der Waals surface area (Å²) in [5.41, 5.74) is 0.910. The third-order valence-electron chi connectivity index (χ3n) is 2.88. The number of carbonyl (C=O) groups is 1. The van der Waals surface area contributed by atoms with Gasteiger partial charge in [-0.2, -0.15) is 0 Å². The number of rotatable bonds is 7. The fourth-order valence-electron chi connectivity index (χ4n) is 1.89. The lowest BCUT2D eigenvalue weighted by Crippen LogP contribution is -2.23. The molecule has 2 aromatic rings. The molecule has 0 aliphatic heterocycles. The summed E-state index contributed by atoms with van der Waals surface area (Å²) < 4.78 is 5.52. The summed E-state index contributed by atoms with van der Waals surface area (Å²) in [5.74, 6) is 0.709. The second-order valence-electron chi connectivity index (χ2n) is 4.42. The van der Waals surface area contributed by atoms with E-state index in [1.165, 1.54) is 4.88 Å². The second-order valence-corrected chi connectivity index (χ2v) is 5.46. The van der Waals surface area contributed by atoms with Crippen LogP contribution < -0.4 is 10.1 Å². The third-order valence-corrected chi connectivity index (χ3v) is 3.82. The molecule has 0 fully saturated rings. The summed E-state index contributed by atoms with van der Waals surface area (Å²) >= 11 is 1.71. The van der Waals surface area contributed by atoms with Crippen molar-refractivity contribution in [1.82, 2.24) is 5.32 Å². The van der Waals surface area contributed by atoms with Gasteiger partial charge in [-0.25, -0.2) is 0 Å². The summed E-state index contributed by atoms with van der Waals surface area (Å²) in [6.45, 7) is 3.20. The fourth-order valence-corrected chi connectivity index (χ4v) is 2.60. The van der Waals surface area contributed by atoms with Crippen molar-refractivity contribution in [3.63, 3.8) is 0 Å². The smallest absolute Gasteiger partial charge is 0.244 e. The van der Waals surface area contributed by atoms with Gasteiger partial charge < -0.3 is 10.1 Å². The van der Waals surface area contributed by atoms with Gasteiger partial charge in [0.15, 0.2) is 0 Å². The molecular formula is C17H19NO2S. The number of ether oxygens (including phenoxy) is 1. The van der Waals surface area contributed by atoms with E-state index in [1.54, 1.807) is 23.5 Å². The van der Waals surface area contributed by atoms with Gasteiger partial charge in [0.25, 0.3) is 0 Å². The molecule has 21 heavy (non-hydrogen) atoms. The van der Waals surface area contributed by atoms with E-state index in [-0.39, 0.29) is 5.91 Å². The molecule has 0 bridgehead atoms. The van der Waals surface area contributed by atoms with E-state index < -0.39 is 0 Å². The van der Waals surface area contributed by atoms with Crippen molar-refractivity contribution in [2.45, 2.75) is 13.3 Å². The Balaban J connectivity index is 1.84. The normalized spacial score (nSPS) is 10.7. The number of thiophene rings is 1. The van der Waals surface area contributed by atoms with E-state index in [4.69, 9.17) is 4.74 Å². The van der Waals surface area contributed by atoms with Crippen molar-refractivity contribution in [2.24, 2.45) is 0 Å². The molecule has 3 nitrogen and oxygen atoms in total. The lowest BCUT2D eigenvalue weighted by molar-refractivity contribution is -0.116. The molecule has 1 N–H and O–H groups in total. The van der Waals surface area contributed by atoms with E-state index in [2.05, 4.69) is 11.4 Å². The molecule has 4 heteroatoms. The molecule has 1 aromatic heterocycles. The molecule has 2 rings (SSSR count). The van der Waals surface area contributed by atoms with E-state index in [9.17, 15) is 4.79 Å². The minimum atomic E-state index is -0.0853. The average molecular weight is 301 g/mol. The van der Waals surface area contributed by atoms with Crippen LogP contribution in [0.4, 0.5) is 0 Å². The Morgan fingerprint density at radius 1 is 1.29 bits per heavy atom. The van der Waals surface area contributed by atoms with Crippen molar-refractivity contribution in [3.8, 4) is 5.75 Å². The van der Waals surface area contributed by atoms with Crippen LogP contribution >= 0.6 is 11.3 Å². The molecule has 110 valence electrons. The molecule has 0 spiro atoms. The summed E-state index contributed by atoms with van der Waals surface area (Å²) in [7, 11) is 0. The van der Waals surface area contributed by atoms with E-state index in [0.29, 0.717) is 13.2 Å². The molecule has 0 radical (unpaired) electrons. The maximum atomic E-state index is 11.8. The van der Waals surface area contributed by atoms with Crippen LogP contribution in [0.15, 0.2) is 47.9 Å². The minimum Gasteiger partial charge on any atom is -0.493 e. The molecule has 1 heterocycles. The van der Waals surface area contributed by atoms with Crippen molar-refractivity contribution in [3.05, 3.63) is 58.3 Å². The topological polar surface area (TPSA) is 38.3 Å². The molecule has 1 amide bonds. The first kappa shape index (κ1) is 15.3. The van der Waals surface area contributed by atoms with Crippen LogP contribution in [0.5, 0.6) is 5.75 Å². The number of hydrogen-bond donors (Lipinski definition) is 1. The Morgan fingerprint density at radius 3 is 2.90 bits per heavy atom. The number of benzene rings is 1. The maximum Gasteiger partial charge on any atom is 0.244 e. The molecule has 0 aliphatic rings. The molecule has 0 saturated heterocycles. The Kier molecular flexibility index (Phi) is 6.03. The number of nitrogens with one attached hydrogen (secondary N) is 1. The zero-order valence-electron chi connectivity index (χ0n) is 12.0. The van der Waals surface area contributed by atoms with E-state index >= 15 is 0 Å². The first-order chi connectivity index (χ1) is 10.3. The Bertz CT molecular complexity index is 591. The summed E-state index contributed by atoms with van der Waals surface area (Å²) in [6, 6.07) is 11.8. The van der Waals surface area contributed by atoms with Gasteiger partial charge in [-0.05, 0) is 36.9 Å². The van der Waals surface area contributed by atoms with Gasteiger partial charge in [0.05, 0.1) is 6.61 Å². The van der Waals surface area contributed by atoms with Crippen LogP contribution in [0.2, 0.25) is 0 Å². The van der Waals surface area contributed by atoms with Gasteiger partial charge in [0.1, 0.15) is 5.75 Å².